The van der Waals surface area contributed by atoms with Crippen LogP contribution >= 0.6 is 11.6 Å². The number of halogens is 1. The van der Waals surface area contributed by atoms with Gasteiger partial charge in [-0.2, -0.15) is 0 Å². The molecule has 0 amide bonds. The van der Waals surface area contributed by atoms with E-state index in [0.29, 0.717) is 11.6 Å². The molecule has 1 nitrogen and oxygen atoms in total. The molecule has 0 spiro atoms. The summed E-state index contributed by atoms with van der Waals surface area (Å²) in [6, 6.07) is 5.75. The minimum absolute atomic E-state index is 0.656. The van der Waals surface area contributed by atoms with Gasteiger partial charge in [0.2, 0.25) is 0 Å². The molecule has 11 heavy (non-hydrogen) atoms. The topological polar surface area (TPSA) is 9.23 Å². The SMILES string of the molecule is Bc1ccc(Cl)c(OCC)c1. The molecule has 1 aromatic carbocycles. The van der Waals surface area contributed by atoms with Crippen LogP contribution in [0.5, 0.6) is 5.75 Å². The van der Waals surface area contributed by atoms with E-state index in [1.54, 1.807) is 0 Å². The van der Waals surface area contributed by atoms with Crippen molar-refractivity contribution in [3.8, 4) is 5.75 Å². The Hall–Kier alpha value is -0.625. The second-order valence-corrected chi connectivity index (χ2v) is 2.77. The predicted molar refractivity (Wildman–Crippen MR) is 50.8 cm³/mol. The van der Waals surface area contributed by atoms with Crippen molar-refractivity contribution in [3.05, 3.63) is 23.2 Å². The summed E-state index contributed by atoms with van der Waals surface area (Å²) in [5, 5.41) is 0.678. The van der Waals surface area contributed by atoms with Crippen molar-refractivity contribution in [1.82, 2.24) is 0 Å². The first-order valence-electron chi connectivity index (χ1n) is 3.63. The van der Waals surface area contributed by atoms with E-state index >= 15 is 0 Å². The van der Waals surface area contributed by atoms with Gasteiger partial charge in [-0.05, 0) is 19.1 Å². The fraction of sp³-hybridized carbons (Fsp3) is 0.250. The van der Waals surface area contributed by atoms with E-state index in [0.717, 1.165) is 11.2 Å². The van der Waals surface area contributed by atoms with Crippen LogP contribution in [0, 0.1) is 0 Å². The lowest BCUT2D eigenvalue weighted by Gasteiger charge is -2.05. The second-order valence-electron chi connectivity index (χ2n) is 2.37. The molecule has 0 aliphatic rings. The minimum Gasteiger partial charge on any atom is -0.492 e. The lowest BCUT2D eigenvalue weighted by atomic mass is 9.96. The van der Waals surface area contributed by atoms with Gasteiger partial charge in [0.1, 0.15) is 13.6 Å². The molecule has 0 atom stereocenters. The summed E-state index contributed by atoms with van der Waals surface area (Å²) in [7, 11) is 2.01. The Morgan fingerprint density at radius 2 is 2.27 bits per heavy atom. The van der Waals surface area contributed by atoms with Crippen molar-refractivity contribution < 1.29 is 4.74 Å². The van der Waals surface area contributed by atoms with Gasteiger partial charge >= 0.3 is 0 Å². The van der Waals surface area contributed by atoms with Gasteiger partial charge < -0.3 is 4.74 Å². The Morgan fingerprint density at radius 3 is 2.91 bits per heavy atom. The van der Waals surface area contributed by atoms with Crippen LogP contribution in [0.25, 0.3) is 0 Å². The summed E-state index contributed by atoms with van der Waals surface area (Å²) in [6.45, 7) is 2.60. The van der Waals surface area contributed by atoms with Gasteiger partial charge in [0, 0.05) is 0 Å². The molecular formula is C8H10BClO. The van der Waals surface area contributed by atoms with Crippen LogP contribution in [0.15, 0.2) is 18.2 Å². The third-order valence-corrected chi connectivity index (χ3v) is 1.70. The molecule has 0 heterocycles. The average Bonchev–Trinajstić information content (AvgIpc) is 1.98. The quantitative estimate of drug-likeness (QED) is 0.599. The van der Waals surface area contributed by atoms with Crippen molar-refractivity contribution in [2.75, 3.05) is 6.61 Å². The highest BCUT2D eigenvalue weighted by molar-refractivity contribution is 6.35. The molecule has 0 aliphatic carbocycles. The Bertz CT molecular complexity index is 250. The molecule has 0 aliphatic heterocycles. The Balaban J connectivity index is 2.93. The fourth-order valence-corrected chi connectivity index (χ4v) is 1.05. The Labute approximate surface area is 72.7 Å². The molecule has 0 bridgehead atoms. The van der Waals surface area contributed by atoms with Gasteiger partial charge in [0.05, 0.1) is 11.6 Å². The molecule has 0 unspecified atom stereocenters. The van der Waals surface area contributed by atoms with Crippen LogP contribution in [0.4, 0.5) is 0 Å². The molecule has 0 saturated heterocycles. The normalized spacial score (nSPS) is 9.64. The van der Waals surface area contributed by atoms with Crippen LogP contribution in [0.1, 0.15) is 6.92 Å². The molecule has 1 rings (SSSR count). The second kappa shape index (κ2) is 3.68. The molecule has 0 fully saturated rings. The van der Waals surface area contributed by atoms with E-state index in [1.807, 2.05) is 33.0 Å². The van der Waals surface area contributed by atoms with Crippen LogP contribution in [-0.4, -0.2) is 14.5 Å². The zero-order valence-electron chi connectivity index (χ0n) is 6.73. The molecule has 0 saturated carbocycles. The molecule has 1 aromatic rings. The fourth-order valence-electron chi connectivity index (χ4n) is 0.877. The van der Waals surface area contributed by atoms with Crippen molar-refractivity contribution in [1.29, 1.82) is 0 Å². The van der Waals surface area contributed by atoms with E-state index in [9.17, 15) is 0 Å². The maximum Gasteiger partial charge on any atom is 0.139 e. The number of rotatable bonds is 2. The van der Waals surface area contributed by atoms with Crippen molar-refractivity contribution in [2.24, 2.45) is 0 Å². The minimum atomic E-state index is 0.656. The highest BCUT2D eigenvalue weighted by Crippen LogP contribution is 2.21. The number of ether oxygens (including phenoxy) is 1. The first-order valence-corrected chi connectivity index (χ1v) is 4.00. The lowest BCUT2D eigenvalue weighted by molar-refractivity contribution is 0.341. The molecular weight excluding hydrogens is 158 g/mol. The zero-order valence-corrected chi connectivity index (χ0v) is 7.48. The van der Waals surface area contributed by atoms with E-state index in [1.165, 1.54) is 0 Å². The van der Waals surface area contributed by atoms with Gasteiger partial charge in [0.25, 0.3) is 0 Å². The van der Waals surface area contributed by atoms with Gasteiger partial charge in [-0.15, -0.1) is 0 Å². The van der Waals surface area contributed by atoms with Gasteiger partial charge in [0.15, 0.2) is 0 Å². The molecule has 0 N–H and O–H groups in total. The van der Waals surface area contributed by atoms with Crippen LogP contribution in [0.2, 0.25) is 5.02 Å². The standard InChI is InChI=1S/C8H10BClO/c1-2-11-8-5-6(9)3-4-7(8)10/h3-5H,2,9H2,1H3. The molecule has 0 radical (unpaired) electrons. The van der Waals surface area contributed by atoms with E-state index in [4.69, 9.17) is 16.3 Å². The molecule has 3 heteroatoms. The number of hydrogen-bond donors (Lipinski definition) is 0. The smallest absolute Gasteiger partial charge is 0.139 e. The average molecular weight is 168 g/mol. The summed E-state index contributed by atoms with van der Waals surface area (Å²) < 4.78 is 5.29. The first kappa shape index (κ1) is 8.47. The van der Waals surface area contributed by atoms with Crippen LogP contribution in [0.3, 0.4) is 0 Å². The molecule has 0 aromatic heterocycles. The monoisotopic (exact) mass is 168 g/mol. The highest BCUT2D eigenvalue weighted by Gasteiger charge is 1.98. The van der Waals surface area contributed by atoms with E-state index < -0.39 is 0 Å². The molecule has 58 valence electrons. The first-order chi connectivity index (χ1) is 5.24. The summed E-state index contributed by atoms with van der Waals surface area (Å²) in [6.07, 6.45) is 0. The number of hydrogen-bond acceptors (Lipinski definition) is 1. The summed E-state index contributed by atoms with van der Waals surface area (Å²) in [5.74, 6) is 0.772. The summed E-state index contributed by atoms with van der Waals surface area (Å²) >= 11 is 5.85. The van der Waals surface area contributed by atoms with Crippen molar-refractivity contribution in [2.45, 2.75) is 6.92 Å². The maximum atomic E-state index is 5.85. The zero-order chi connectivity index (χ0) is 8.27. The van der Waals surface area contributed by atoms with Gasteiger partial charge in [-0.1, -0.05) is 23.1 Å². The summed E-state index contributed by atoms with van der Waals surface area (Å²) in [4.78, 5) is 0. The third kappa shape index (κ3) is 2.16. The number of benzene rings is 1. The van der Waals surface area contributed by atoms with E-state index in [-0.39, 0.29) is 0 Å². The maximum absolute atomic E-state index is 5.85. The lowest BCUT2D eigenvalue weighted by Crippen LogP contribution is -2.03. The van der Waals surface area contributed by atoms with Crippen molar-refractivity contribution in [3.63, 3.8) is 0 Å². The van der Waals surface area contributed by atoms with Crippen LogP contribution in [-0.2, 0) is 0 Å². The van der Waals surface area contributed by atoms with Gasteiger partial charge in [-0.25, -0.2) is 0 Å². The van der Waals surface area contributed by atoms with Crippen molar-refractivity contribution >= 4 is 24.9 Å². The summed E-state index contributed by atoms with van der Waals surface area (Å²) in [5.41, 5.74) is 1.16. The predicted octanol–water partition coefficient (Wildman–Crippen LogP) is 0.997. The highest BCUT2D eigenvalue weighted by atomic mass is 35.5. The largest absolute Gasteiger partial charge is 0.492 e. The van der Waals surface area contributed by atoms with Gasteiger partial charge in [-0.3, -0.25) is 0 Å². The van der Waals surface area contributed by atoms with Crippen LogP contribution < -0.4 is 10.2 Å². The Morgan fingerprint density at radius 1 is 1.55 bits per heavy atom. The third-order valence-electron chi connectivity index (χ3n) is 1.39. The van der Waals surface area contributed by atoms with E-state index in [2.05, 4.69) is 0 Å². The Kier molecular flexibility index (Phi) is 2.83.